The zero-order valence-corrected chi connectivity index (χ0v) is 20.8. The molecule has 0 amide bonds. The first kappa shape index (κ1) is 24.1. The van der Waals surface area contributed by atoms with Gasteiger partial charge in [-0.15, -0.1) is 11.3 Å². The van der Waals surface area contributed by atoms with Crippen LogP contribution in [0.4, 0.5) is 0 Å². The zero-order valence-electron chi connectivity index (χ0n) is 20.0. The van der Waals surface area contributed by atoms with Gasteiger partial charge in [0.05, 0.1) is 33.4 Å². The predicted molar refractivity (Wildman–Crippen MR) is 133 cm³/mol. The molecule has 3 aromatic rings. The SMILES string of the molecule is CCOC(=O)C[C@@H]1CCc2cc(OCCCOc3ccc(-c4nc(C)cs4)cc3OC)ccc21. The average molecular weight is 482 g/mol. The fraction of sp³-hybridized carbons (Fsp3) is 0.407. The van der Waals surface area contributed by atoms with E-state index in [0.717, 1.165) is 41.3 Å². The molecule has 0 spiro atoms. The second-order valence-electron chi connectivity index (χ2n) is 8.32. The fourth-order valence-electron chi connectivity index (χ4n) is 4.24. The van der Waals surface area contributed by atoms with Gasteiger partial charge in [-0.05, 0) is 74.1 Å². The van der Waals surface area contributed by atoms with Gasteiger partial charge in [-0.1, -0.05) is 6.07 Å². The van der Waals surface area contributed by atoms with Gasteiger partial charge in [-0.25, -0.2) is 4.98 Å². The van der Waals surface area contributed by atoms with Crippen molar-refractivity contribution in [2.24, 2.45) is 0 Å². The summed E-state index contributed by atoms with van der Waals surface area (Å²) in [6, 6.07) is 12.1. The molecule has 34 heavy (non-hydrogen) atoms. The highest BCUT2D eigenvalue weighted by Crippen LogP contribution is 2.38. The third-order valence-electron chi connectivity index (χ3n) is 5.88. The molecule has 0 aliphatic heterocycles. The number of aromatic nitrogens is 1. The minimum absolute atomic E-state index is 0.120. The molecule has 0 unspecified atom stereocenters. The van der Waals surface area contributed by atoms with Crippen molar-refractivity contribution in [1.82, 2.24) is 4.98 Å². The Morgan fingerprint density at radius 3 is 2.74 bits per heavy atom. The highest BCUT2D eigenvalue weighted by Gasteiger charge is 2.25. The Kier molecular flexibility index (Phi) is 8.06. The molecule has 4 rings (SSSR count). The molecule has 6 nitrogen and oxygen atoms in total. The van der Waals surface area contributed by atoms with Crippen molar-refractivity contribution in [3.63, 3.8) is 0 Å². The third-order valence-corrected chi connectivity index (χ3v) is 6.89. The maximum atomic E-state index is 11.8. The molecule has 0 radical (unpaired) electrons. The Hall–Kier alpha value is -3.06. The summed E-state index contributed by atoms with van der Waals surface area (Å²) in [5, 5.41) is 3.01. The van der Waals surface area contributed by atoms with Crippen molar-refractivity contribution in [3.05, 3.63) is 58.6 Å². The highest BCUT2D eigenvalue weighted by molar-refractivity contribution is 7.13. The lowest BCUT2D eigenvalue weighted by molar-refractivity contribution is -0.143. The van der Waals surface area contributed by atoms with Crippen molar-refractivity contribution in [2.75, 3.05) is 26.9 Å². The second kappa shape index (κ2) is 11.4. The van der Waals surface area contributed by atoms with Crippen LogP contribution in [-0.4, -0.2) is 37.9 Å². The number of nitrogens with zero attached hydrogens (tertiary/aromatic N) is 1. The molecule has 2 aromatic carbocycles. The van der Waals surface area contributed by atoms with Gasteiger partial charge in [0.2, 0.25) is 0 Å². The lowest BCUT2D eigenvalue weighted by Crippen LogP contribution is -2.08. The number of carbonyl (C=O) groups is 1. The third kappa shape index (κ3) is 5.89. The van der Waals surface area contributed by atoms with E-state index in [1.54, 1.807) is 18.4 Å². The molecule has 0 fully saturated rings. The maximum absolute atomic E-state index is 11.8. The van der Waals surface area contributed by atoms with Crippen LogP contribution in [0.2, 0.25) is 0 Å². The van der Waals surface area contributed by atoms with Crippen molar-refractivity contribution in [3.8, 4) is 27.8 Å². The predicted octanol–water partition coefficient (Wildman–Crippen LogP) is 5.96. The summed E-state index contributed by atoms with van der Waals surface area (Å²) in [6.07, 6.45) is 3.15. The largest absolute Gasteiger partial charge is 0.493 e. The Morgan fingerprint density at radius 1 is 1.12 bits per heavy atom. The number of hydrogen-bond acceptors (Lipinski definition) is 7. The maximum Gasteiger partial charge on any atom is 0.306 e. The molecule has 1 aromatic heterocycles. The molecule has 1 aliphatic carbocycles. The van der Waals surface area contributed by atoms with Crippen LogP contribution < -0.4 is 14.2 Å². The van der Waals surface area contributed by atoms with Crippen molar-refractivity contribution >= 4 is 17.3 Å². The molecule has 1 atom stereocenters. The van der Waals surface area contributed by atoms with Gasteiger partial charge in [0.15, 0.2) is 11.5 Å². The molecule has 0 saturated heterocycles. The number of rotatable bonds is 11. The van der Waals surface area contributed by atoms with Gasteiger partial charge in [0.1, 0.15) is 10.8 Å². The van der Waals surface area contributed by atoms with E-state index in [1.165, 1.54) is 11.1 Å². The zero-order chi connectivity index (χ0) is 23.9. The molecular weight excluding hydrogens is 450 g/mol. The monoisotopic (exact) mass is 481 g/mol. The summed E-state index contributed by atoms with van der Waals surface area (Å²) in [4.78, 5) is 16.4. The highest BCUT2D eigenvalue weighted by atomic mass is 32.1. The van der Waals surface area contributed by atoms with E-state index in [-0.39, 0.29) is 11.9 Å². The number of carbonyl (C=O) groups excluding carboxylic acids is 1. The normalized spacial score (nSPS) is 14.5. The molecule has 1 heterocycles. The molecular formula is C27H31NO5S. The van der Waals surface area contributed by atoms with Gasteiger partial charge in [0, 0.05) is 23.1 Å². The summed E-state index contributed by atoms with van der Waals surface area (Å²) in [6.45, 7) is 5.34. The topological polar surface area (TPSA) is 66.9 Å². The van der Waals surface area contributed by atoms with Crippen LogP contribution in [0.1, 0.15) is 48.9 Å². The molecule has 180 valence electrons. The van der Waals surface area contributed by atoms with E-state index in [9.17, 15) is 4.79 Å². The van der Waals surface area contributed by atoms with Gasteiger partial charge in [-0.3, -0.25) is 4.79 Å². The summed E-state index contributed by atoms with van der Waals surface area (Å²) in [5.41, 5.74) is 4.54. The number of aryl methyl sites for hydroxylation is 2. The Balaban J connectivity index is 1.25. The van der Waals surface area contributed by atoms with Crippen LogP contribution in [0.5, 0.6) is 17.2 Å². The van der Waals surface area contributed by atoms with Crippen molar-refractivity contribution in [1.29, 1.82) is 0 Å². The summed E-state index contributed by atoms with van der Waals surface area (Å²) in [5.74, 6) is 2.39. The number of hydrogen-bond donors (Lipinski definition) is 0. The summed E-state index contributed by atoms with van der Waals surface area (Å²) < 4.78 is 22.5. The number of benzene rings is 2. The van der Waals surface area contributed by atoms with Gasteiger partial charge < -0.3 is 18.9 Å². The number of esters is 1. The molecule has 0 bridgehead atoms. The first-order valence-electron chi connectivity index (χ1n) is 11.7. The Bertz CT molecular complexity index is 1130. The van der Waals surface area contributed by atoms with Gasteiger partial charge in [0.25, 0.3) is 0 Å². The number of methoxy groups -OCH3 is 1. The van der Waals surface area contributed by atoms with Gasteiger partial charge >= 0.3 is 5.97 Å². The van der Waals surface area contributed by atoms with Crippen LogP contribution in [0.25, 0.3) is 10.6 Å². The van der Waals surface area contributed by atoms with E-state index in [2.05, 4.69) is 17.1 Å². The van der Waals surface area contributed by atoms with E-state index in [0.29, 0.717) is 37.7 Å². The van der Waals surface area contributed by atoms with Gasteiger partial charge in [-0.2, -0.15) is 0 Å². The minimum Gasteiger partial charge on any atom is -0.493 e. The Morgan fingerprint density at radius 2 is 1.97 bits per heavy atom. The fourth-order valence-corrected chi connectivity index (χ4v) is 5.04. The van der Waals surface area contributed by atoms with Crippen molar-refractivity contribution in [2.45, 2.75) is 45.4 Å². The number of ether oxygens (including phenoxy) is 4. The standard InChI is InChI=1S/C27H31NO5S/c1-4-31-26(29)16-20-7-6-19-14-22(9-10-23(19)20)32-12-5-13-33-24-11-8-21(15-25(24)30-3)27-28-18(2)17-34-27/h8-11,14-15,17,20H,4-7,12-13,16H2,1-3H3/t20-/m0/s1. The van der Waals surface area contributed by atoms with Crippen molar-refractivity contribution < 1.29 is 23.7 Å². The lowest BCUT2D eigenvalue weighted by Gasteiger charge is -2.13. The van der Waals surface area contributed by atoms with E-state index >= 15 is 0 Å². The first-order chi connectivity index (χ1) is 16.6. The minimum atomic E-state index is -0.120. The second-order valence-corrected chi connectivity index (χ2v) is 9.17. The first-order valence-corrected chi connectivity index (χ1v) is 12.6. The lowest BCUT2D eigenvalue weighted by atomic mass is 9.98. The average Bonchev–Trinajstić information content (AvgIpc) is 3.45. The van der Waals surface area contributed by atoms with Crippen LogP contribution in [0.15, 0.2) is 41.8 Å². The van der Waals surface area contributed by atoms with Crippen LogP contribution in [-0.2, 0) is 16.0 Å². The van der Waals surface area contributed by atoms with Crippen LogP contribution >= 0.6 is 11.3 Å². The van der Waals surface area contributed by atoms with Crippen LogP contribution in [0, 0.1) is 6.92 Å². The number of fused-ring (bicyclic) bond motifs is 1. The molecule has 7 heteroatoms. The smallest absolute Gasteiger partial charge is 0.306 e. The summed E-state index contributed by atoms with van der Waals surface area (Å²) >= 11 is 1.62. The molecule has 0 saturated carbocycles. The summed E-state index contributed by atoms with van der Waals surface area (Å²) in [7, 11) is 1.65. The van der Waals surface area contributed by atoms with E-state index in [1.807, 2.05) is 43.5 Å². The van der Waals surface area contributed by atoms with E-state index in [4.69, 9.17) is 18.9 Å². The molecule has 1 aliphatic rings. The Labute approximate surface area is 204 Å². The molecule has 0 N–H and O–H groups in total. The quantitative estimate of drug-likeness (QED) is 0.249. The number of thiazole rings is 1. The van der Waals surface area contributed by atoms with Crippen LogP contribution in [0.3, 0.4) is 0 Å². The van der Waals surface area contributed by atoms with E-state index < -0.39 is 0 Å².